The second-order valence-electron chi connectivity index (χ2n) is 4.61. The highest BCUT2D eigenvalue weighted by Gasteiger charge is 2.11. The van der Waals surface area contributed by atoms with Gasteiger partial charge in [0.05, 0.1) is 6.20 Å². The zero-order valence-corrected chi connectivity index (χ0v) is 11.9. The summed E-state index contributed by atoms with van der Waals surface area (Å²) in [5.41, 5.74) is 8.43. The number of hydrogen-bond acceptors (Lipinski definition) is 3. The van der Waals surface area contributed by atoms with Crippen LogP contribution in [0.4, 0.5) is 5.69 Å². The molecule has 0 saturated carbocycles. The fourth-order valence-electron chi connectivity index (χ4n) is 2.09. The maximum absolute atomic E-state index is 12.0. The molecule has 0 unspecified atom stereocenters. The van der Waals surface area contributed by atoms with Crippen LogP contribution < -0.4 is 5.73 Å². The van der Waals surface area contributed by atoms with Gasteiger partial charge in [-0.15, -0.1) is 0 Å². The monoisotopic (exact) mass is 272 g/mol. The van der Waals surface area contributed by atoms with E-state index in [1.165, 1.54) is 0 Å². The van der Waals surface area contributed by atoms with Gasteiger partial charge in [-0.1, -0.05) is 12.1 Å². The topological polar surface area (TPSA) is 64.2 Å². The summed E-state index contributed by atoms with van der Waals surface area (Å²) in [6.07, 6.45) is 3.65. The van der Waals surface area contributed by atoms with E-state index in [9.17, 15) is 4.79 Å². The maximum atomic E-state index is 12.0. The van der Waals surface area contributed by atoms with E-state index in [0.717, 1.165) is 29.9 Å². The lowest BCUT2D eigenvalue weighted by Gasteiger charge is -2.18. The molecule has 0 spiro atoms. The molecule has 106 valence electrons. The van der Waals surface area contributed by atoms with Gasteiger partial charge in [0, 0.05) is 30.5 Å². The van der Waals surface area contributed by atoms with Crippen molar-refractivity contribution in [1.82, 2.24) is 14.7 Å². The van der Waals surface area contributed by atoms with Crippen LogP contribution in [0, 0.1) is 0 Å². The van der Waals surface area contributed by atoms with Crippen LogP contribution in [0.5, 0.6) is 0 Å². The SMILES string of the molecule is CCN(CC)C(=O)Cn1cc(-c2ccc(N)cc2)cn1. The molecule has 1 aromatic carbocycles. The molecule has 0 bridgehead atoms. The molecule has 1 amide bonds. The molecule has 1 heterocycles. The van der Waals surface area contributed by atoms with Crippen LogP contribution in [0.3, 0.4) is 0 Å². The average Bonchev–Trinajstić information content (AvgIpc) is 2.89. The molecular formula is C15H20N4O. The van der Waals surface area contributed by atoms with Gasteiger partial charge < -0.3 is 10.6 Å². The molecule has 5 nitrogen and oxygen atoms in total. The lowest BCUT2D eigenvalue weighted by atomic mass is 10.1. The molecule has 20 heavy (non-hydrogen) atoms. The molecule has 0 aliphatic heterocycles. The van der Waals surface area contributed by atoms with Gasteiger partial charge in [-0.3, -0.25) is 9.48 Å². The van der Waals surface area contributed by atoms with Gasteiger partial charge in [-0.25, -0.2) is 0 Å². The number of aromatic nitrogens is 2. The lowest BCUT2D eigenvalue weighted by Crippen LogP contribution is -2.33. The van der Waals surface area contributed by atoms with E-state index in [4.69, 9.17) is 5.73 Å². The van der Waals surface area contributed by atoms with Crippen molar-refractivity contribution in [3.05, 3.63) is 36.7 Å². The van der Waals surface area contributed by atoms with E-state index in [-0.39, 0.29) is 12.5 Å². The lowest BCUT2D eigenvalue weighted by molar-refractivity contribution is -0.131. The molecule has 0 aliphatic carbocycles. The summed E-state index contributed by atoms with van der Waals surface area (Å²) in [5.74, 6) is 0.0851. The maximum Gasteiger partial charge on any atom is 0.244 e. The summed E-state index contributed by atoms with van der Waals surface area (Å²) in [6.45, 7) is 5.67. The zero-order valence-electron chi connectivity index (χ0n) is 11.9. The molecule has 0 saturated heterocycles. The average molecular weight is 272 g/mol. The Labute approximate surface area is 119 Å². The summed E-state index contributed by atoms with van der Waals surface area (Å²) >= 11 is 0. The normalized spacial score (nSPS) is 10.5. The van der Waals surface area contributed by atoms with Crippen LogP contribution in [0.1, 0.15) is 13.8 Å². The number of hydrogen-bond donors (Lipinski definition) is 1. The summed E-state index contributed by atoms with van der Waals surface area (Å²) in [5, 5.41) is 4.24. The summed E-state index contributed by atoms with van der Waals surface area (Å²) in [7, 11) is 0. The molecule has 0 radical (unpaired) electrons. The van der Waals surface area contributed by atoms with E-state index >= 15 is 0 Å². The van der Waals surface area contributed by atoms with E-state index in [2.05, 4.69) is 5.10 Å². The molecule has 0 aliphatic rings. The number of nitrogen functional groups attached to an aromatic ring is 1. The molecule has 2 N–H and O–H groups in total. The minimum Gasteiger partial charge on any atom is -0.399 e. The van der Waals surface area contributed by atoms with Crippen LogP contribution in [0.25, 0.3) is 11.1 Å². The van der Waals surface area contributed by atoms with Gasteiger partial charge in [0.15, 0.2) is 0 Å². The van der Waals surface area contributed by atoms with Crippen LogP contribution in [-0.2, 0) is 11.3 Å². The number of amides is 1. The second-order valence-corrected chi connectivity index (χ2v) is 4.61. The van der Waals surface area contributed by atoms with Crippen molar-refractivity contribution in [2.45, 2.75) is 20.4 Å². The third kappa shape index (κ3) is 3.17. The molecule has 0 fully saturated rings. The van der Waals surface area contributed by atoms with E-state index < -0.39 is 0 Å². The molecule has 0 atom stereocenters. The Kier molecular flexibility index (Phi) is 4.40. The van der Waals surface area contributed by atoms with Gasteiger partial charge in [0.1, 0.15) is 6.54 Å². The summed E-state index contributed by atoms with van der Waals surface area (Å²) in [6, 6.07) is 7.60. The molecule has 5 heteroatoms. The standard InChI is InChI=1S/C15H20N4O/c1-3-18(4-2)15(20)11-19-10-13(9-17-19)12-5-7-14(16)8-6-12/h5-10H,3-4,11,16H2,1-2H3. The third-order valence-electron chi connectivity index (χ3n) is 3.29. The smallest absolute Gasteiger partial charge is 0.244 e. The van der Waals surface area contributed by atoms with Crippen molar-refractivity contribution in [2.24, 2.45) is 0 Å². The Bertz CT molecular complexity index is 570. The van der Waals surface area contributed by atoms with Gasteiger partial charge in [0.25, 0.3) is 0 Å². The van der Waals surface area contributed by atoms with Crippen molar-refractivity contribution in [3.8, 4) is 11.1 Å². The minimum atomic E-state index is 0.0851. The number of benzene rings is 1. The third-order valence-corrected chi connectivity index (χ3v) is 3.29. The highest BCUT2D eigenvalue weighted by molar-refractivity contribution is 5.76. The number of nitrogens with zero attached hydrogens (tertiary/aromatic N) is 3. The first-order valence-electron chi connectivity index (χ1n) is 6.80. The first-order chi connectivity index (χ1) is 9.63. The number of likely N-dealkylation sites (N-methyl/N-ethyl adjacent to an activating group) is 1. The molecule has 1 aromatic heterocycles. The van der Waals surface area contributed by atoms with Crippen molar-refractivity contribution in [1.29, 1.82) is 0 Å². The van der Waals surface area contributed by atoms with Gasteiger partial charge in [-0.05, 0) is 31.5 Å². The van der Waals surface area contributed by atoms with Crippen molar-refractivity contribution >= 4 is 11.6 Å². The predicted octanol–water partition coefficient (Wildman–Crippen LogP) is 2.00. The van der Waals surface area contributed by atoms with Crippen molar-refractivity contribution < 1.29 is 4.79 Å². The Morgan fingerprint density at radius 3 is 2.45 bits per heavy atom. The Hall–Kier alpha value is -2.30. The molecule has 2 rings (SSSR count). The van der Waals surface area contributed by atoms with Crippen molar-refractivity contribution in [3.63, 3.8) is 0 Å². The number of anilines is 1. The number of rotatable bonds is 5. The van der Waals surface area contributed by atoms with E-state index in [1.807, 2.05) is 44.3 Å². The number of nitrogens with two attached hydrogens (primary N) is 1. The van der Waals surface area contributed by atoms with Gasteiger partial charge in [0.2, 0.25) is 5.91 Å². The summed E-state index contributed by atoms with van der Waals surface area (Å²) in [4.78, 5) is 13.8. The predicted molar refractivity (Wildman–Crippen MR) is 80.0 cm³/mol. The zero-order chi connectivity index (χ0) is 14.5. The highest BCUT2D eigenvalue weighted by Crippen LogP contribution is 2.19. The molecular weight excluding hydrogens is 252 g/mol. The van der Waals surface area contributed by atoms with Crippen molar-refractivity contribution in [2.75, 3.05) is 18.8 Å². The largest absolute Gasteiger partial charge is 0.399 e. The molecule has 2 aromatic rings. The first kappa shape index (κ1) is 14.1. The van der Waals surface area contributed by atoms with Crippen LogP contribution in [-0.4, -0.2) is 33.7 Å². The quantitative estimate of drug-likeness (QED) is 0.847. The highest BCUT2D eigenvalue weighted by atomic mass is 16.2. The van der Waals surface area contributed by atoms with E-state index in [0.29, 0.717) is 0 Å². The Balaban J connectivity index is 2.09. The summed E-state index contributed by atoms with van der Waals surface area (Å²) < 4.78 is 1.67. The van der Waals surface area contributed by atoms with Crippen LogP contribution in [0.15, 0.2) is 36.7 Å². The Morgan fingerprint density at radius 2 is 1.85 bits per heavy atom. The van der Waals surface area contributed by atoms with Crippen LogP contribution >= 0.6 is 0 Å². The van der Waals surface area contributed by atoms with Gasteiger partial charge >= 0.3 is 0 Å². The fraction of sp³-hybridized carbons (Fsp3) is 0.333. The Morgan fingerprint density at radius 1 is 1.20 bits per heavy atom. The number of carbonyl (C=O) groups is 1. The second kappa shape index (κ2) is 6.23. The number of carbonyl (C=O) groups excluding carboxylic acids is 1. The minimum absolute atomic E-state index is 0.0851. The van der Waals surface area contributed by atoms with E-state index in [1.54, 1.807) is 15.8 Å². The fourth-order valence-corrected chi connectivity index (χ4v) is 2.09. The van der Waals surface area contributed by atoms with Gasteiger partial charge in [-0.2, -0.15) is 5.10 Å². The first-order valence-corrected chi connectivity index (χ1v) is 6.80. The van der Waals surface area contributed by atoms with Crippen LogP contribution in [0.2, 0.25) is 0 Å².